The number of aryl methyl sites for hydroxylation is 2. The van der Waals surface area contributed by atoms with Crippen molar-refractivity contribution in [2.24, 2.45) is 13.0 Å². The van der Waals surface area contributed by atoms with Crippen molar-refractivity contribution in [1.82, 2.24) is 19.7 Å². The third-order valence-corrected chi connectivity index (χ3v) is 5.34. The fourth-order valence-corrected chi connectivity index (χ4v) is 4.08. The van der Waals surface area contributed by atoms with Crippen molar-refractivity contribution in [1.29, 1.82) is 0 Å². The van der Waals surface area contributed by atoms with E-state index in [-0.39, 0.29) is 11.6 Å². The Hall–Kier alpha value is -2.45. The second-order valence-electron chi connectivity index (χ2n) is 7.53. The van der Waals surface area contributed by atoms with Crippen LogP contribution in [0.1, 0.15) is 21.6 Å². The summed E-state index contributed by atoms with van der Waals surface area (Å²) in [6.07, 6.45) is 3.53. The highest BCUT2D eigenvalue weighted by molar-refractivity contribution is 5.87. The minimum atomic E-state index is -0.954. The van der Waals surface area contributed by atoms with Crippen molar-refractivity contribution < 1.29 is 14.6 Å². The van der Waals surface area contributed by atoms with Gasteiger partial charge in [0.1, 0.15) is 5.82 Å². The fourth-order valence-electron chi connectivity index (χ4n) is 4.08. The highest BCUT2D eigenvalue weighted by Gasteiger charge is 2.34. The molecule has 2 bridgehead atoms. The maximum absolute atomic E-state index is 11.1. The summed E-state index contributed by atoms with van der Waals surface area (Å²) < 4.78 is 7.76. The molecule has 0 aromatic carbocycles. The Morgan fingerprint density at radius 1 is 1.30 bits per heavy atom. The van der Waals surface area contributed by atoms with Gasteiger partial charge in [0.15, 0.2) is 0 Å². The van der Waals surface area contributed by atoms with E-state index in [1.165, 1.54) is 11.8 Å². The van der Waals surface area contributed by atoms with E-state index in [0.717, 1.165) is 44.3 Å². The number of fused-ring (bicyclic) bond motifs is 3. The SMILES string of the molecule is Cc1nn(C)cc1CN1C[C@@H]2COC[C@H](C1)N(c1ccc(C(=O)O)cn1)C2. The quantitative estimate of drug-likeness (QED) is 0.863. The van der Waals surface area contributed by atoms with E-state index in [9.17, 15) is 4.79 Å². The lowest BCUT2D eigenvalue weighted by molar-refractivity contribution is 0.0626. The normalized spacial score (nSPS) is 23.3. The minimum absolute atomic E-state index is 0.192. The van der Waals surface area contributed by atoms with Crippen LogP contribution in [0.3, 0.4) is 0 Å². The number of hydrogen-bond donors (Lipinski definition) is 1. The van der Waals surface area contributed by atoms with Crippen LogP contribution >= 0.6 is 0 Å². The topological polar surface area (TPSA) is 83.7 Å². The molecule has 2 fully saturated rings. The second kappa shape index (κ2) is 7.28. The van der Waals surface area contributed by atoms with E-state index in [1.54, 1.807) is 12.1 Å². The van der Waals surface area contributed by atoms with Crippen molar-refractivity contribution in [2.75, 3.05) is 37.7 Å². The lowest BCUT2D eigenvalue weighted by Gasteiger charge is -2.31. The molecule has 8 heteroatoms. The second-order valence-corrected chi connectivity index (χ2v) is 7.53. The van der Waals surface area contributed by atoms with Crippen molar-refractivity contribution >= 4 is 11.8 Å². The van der Waals surface area contributed by atoms with Crippen LogP contribution < -0.4 is 4.90 Å². The number of carbonyl (C=O) groups is 1. The van der Waals surface area contributed by atoms with Crippen LogP contribution in [0.4, 0.5) is 5.82 Å². The number of carboxylic acids is 1. The van der Waals surface area contributed by atoms with Crippen LogP contribution in [-0.2, 0) is 18.3 Å². The van der Waals surface area contributed by atoms with Crippen LogP contribution in [-0.4, -0.2) is 69.6 Å². The molecular weight excluding hydrogens is 346 g/mol. The molecule has 0 amide bonds. The molecule has 4 heterocycles. The Labute approximate surface area is 158 Å². The number of nitrogens with zero attached hydrogens (tertiary/aromatic N) is 5. The molecule has 2 aliphatic heterocycles. The van der Waals surface area contributed by atoms with E-state index >= 15 is 0 Å². The number of aromatic carboxylic acids is 1. The van der Waals surface area contributed by atoms with Gasteiger partial charge in [0.25, 0.3) is 0 Å². The van der Waals surface area contributed by atoms with Crippen molar-refractivity contribution in [3.05, 3.63) is 41.3 Å². The monoisotopic (exact) mass is 371 g/mol. The molecule has 0 spiro atoms. The Bertz CT molecular complexity index is 819. The molecule has 4 rings (SSSR count). The number of anilines is 1. The smallest absolute Gasteiger partial charge is 0.337 e. The van der Waals surface area contributed by atoms with Gasteiger partial charge in [-0.25, -0.2) is 9.78 Å². The summed E-state index contributed by atoms with van der Waals surface area (Å²) in [7, 11) is 1.95. The summed E-state index contributed by atoms with van der Waals surface area (Å²) in [5.41, 5.74) is 2.54. The summed E-state index contributed by atoms with van der Waals surface area (Å²) in [6.45, 7) is 7.04. The van der Waals surface area contributed by atoms with Crippen LogP contribution in [0.2, 0.25) is 0 Å². The fraction of sp³-hybridized carbons (Fsp3) is 0.526. The van der Waals surface area contributed by atoms with Gasteiger partial charge in [-0.15, -0.1) is 0 Å². The van der Waals surface area contributed by atoms with Gasteiger partial charge in [-0.1, -0.05) is 0 Å². The molecule has 1 N–H and O–H groups in total. The first-order valence-corrected chi connectivity index (χ1v) is 9.25. The van der Waals surface area contributed by atoms with Crippen molar-refractivity contribution in [2.45, 2.75) is 19.5 Å². The first kappa shape index (κ1) is 17.9. The van der Waals surface area contributed by atoms with Gasteiger partial charge in [0.2, 0.25) is 0 Å². The van der Waals surface area contributed by atoms with Gasteiger partial charge in [-0.2, -0.15) is 5.10 Å². The van der Waals surface area contributed by atoms with Gasteiger partial charge >= 0.3 is 5.97 Å². The van der Waals surface area contributed by atoms with Gasteiger partial charge < -0.3 is 14.7 Å². The average molecular weight is 371 g/mol. The Morgan fingerprint density at radius 3 is 2.81 bits per heavy atom. The summed E-state index contributed by atoms with van der Waals surface area (Å²) >= 11 is 0. The summed E-state index contributed by atoms with van der Waals surface area (Å²) in [5.74, 6) is 0.250. The molecule has 8 nitrogen and oxygen atoms in total. The number of rotatable bonds is 4. The first-order valence-electron chi connectivity index (χ1n) is 9.25. The minimum Gasteiger partial charge on any atom is -0.478 e. The highest BCUT2D eigenvalue weighted by Crippen LogP contribution is 2.26. The highest BCUT2D eigenvalue weighted by atomic mass is 16.5. The largest absolute Gasteiger partial charge is 0.478 e. The van der Waals surface area contributed by atoms with E-state index in [1.807, 2.05) is 11.7 Å². The van der Waals surface area contributed by atoms with Gasteiger partial charge in [0.05, 0.1) is 30.5 Å². The zero-order chi connectivity index (χ0) is 19.0. The predicted molar refractivity (Wildman–Crippen MR) is 99.9 cm³/mol. The van der Waals surface area contributed by atoms with Crippen LogP contribution in [0.5, 0.6) is 0 Å². The molecule has 2 aliphatic rings. The molecule has 2 aromatic heterocycles. The maximum atomic E-state index is 11.1. The van der Waals surface area contributed by atoms with Crippen molar-refractivity contribution in [3.8, 4) is 0 Å². The zero-order valence-electron chi connectivity index (χ0n) is 15.7. The standard InChI is InChI=1S/C19H25N5O3/c1-13-16(8-22(2)21-13)9-23-6-14-7-24(17(10-23)12-27-11-14)18-4-3-15(5-20-18)19(25)26/h3-5,8,14,17H,6-7,9-12H2,1-2H3,(H,25,26)/t14-,17-/m0/s1. The molecule has 0 radical (unpaired) electrons. The van der Waals surface area contributed by atoms with E-state index < -0.39 is 5.97 Å². The number of pyridine rings is 1. The third-order valence-electron chi connectivity index (χ3n) is 5.34. The molecule has 2 atom stereocenters. The van der Waals surface area contributed by atoms with E-state index in [2.05, 4.69) is 33.0 Å². The zero-order valence-corrected chi connectivity index (χ0v) is 15.7. The Kier molecular flexibility index (Phi) is 4.84. The lowest BCUT2D eigenvalue weighted by Crippen LogP contribution is -2.44. The molecule has 2 aromatic rings. The number of ether oxygens (including phenoxy) is 1. The molecule has 0 aliphatic carbocycles. The van der Waals surface area contributed by atoms with Gasteiger partial charge in [-0.3, -0.25) is 9.58 Å². The van der Waals surface area contributed by atoms with E-state index in [0.29, 0.717) is 12.5 Å². The van der Waals surface area contributed by atoms with Crippen LogP contribution in [0.15, 0.2) is 24.5 Å². The Morgan fingerprint density at radius 2 is 2.15 bits per heavy atom. The van der Waals surface area contributed by atoms with Gasteiger partial charge in [-0.05, 0) is 19.1 Å². The average Bonchev–Trinajstić information content (AvgIpc) is 2.78. The third kappa shape index (κ3) is 3.81. The summed E-state index contributed by atoms with van der Waals surface area (Å²) in [6, 6.07) is 3.62. The van der Waals surface area contributed by atoms with Crippen LogP contribution in [0.25, 0.3) is 0 Å². The maximum Gasteiger partial charge on any atom is 0.337 e. The number of hydrogen-bond acceptors (Lipinski definition) is 6. The lowest BCUT2D eigenvalue weighted by atomic mass is 10.1. The molecule has 0 unspecified atom stereocenters. The Balaban J connectivity index is 1.54. The molecule has 2 saturated heterocycles. The van der Waals surface area contributed by atoms with Crippen LogP contribution in [0, 0.1) is 12.8 Å². The molecular formula is C19H25N5O3. The van der Waals surface area contributed by atoms with Crippen molar-refractivity contribution in [3.63, 3.8) is 0 Å². The first-order chi connectivity index (χ1) is 13.0. The summed E-state index contributed by atoms with van der Waals surface area (Å²) in [5, 5.41) is 13.5. The molecule has 0 saturated carbocycles. The number of carboxylic acid groups (broad SMARTS) is 1. The molecule has 144 valence electrons. The number of aromatic nitrogens is 3. The van der Waals surface area contributed by atoms with Gasteiger partial charge in [0, 0.05) is 57.1 Å². The molecule has 27 heavy (non-hydrogen) atoms. The van der Waals surface area contributed by atoms with E-state index in [4.69, 9.17) is 9.84 Å². The predicted octanol–water partition coefficient (Wildman–Crippen LogP) is 1.16. The summed E-state index contributed by atoms with van der Waals surface area (Å²) in [4.78, 5) is 20.3.